The van der Waals surface area contributed by atoms with Crippen LogP contribution in [0.4, 0.5) is 9.18 Å². The lowest BCUT2D eigenvalue weighted by molar-refractivity contribution is 0.0534. The number of carbonyl (C=O) groups is 1. The fraction of sp³-hybridized carbons (Fsp3) is 0.278. The number of alkyl carbamates (subject to hydrolysis) is 1. The van der Waals surface area contributed by atoms with Gasteiger partial charge in [0.2, 0.25) is 0 Å². The van der Waals surface area contributed by atoms with E-state index in [1.54, 1.807) is 12.1 Å². The van der Waals surface area contributed by atoms with Crippen LogP contribution in [0.1, 0.15) is 26.3 Å². The van der Waals surface area contributed by atoms with Crippen molar-refractivity contribution in [1.82, 2.24) is 5.32 Å². The summed E-state index contributed by atoms with van der Waals surface area (Å²) < 4.78 is 18.9. The van der Waals surface area contributed by atoms with Crippen LogP contribution in [0.25, 0.3) is 16.8 Å². The van der Waals surface area contributed by atoms with Crippen molar-refractivity contribution in [2.24, 2.45) is 0 Å². The predicted octanol–water partition coefficient (Wildman–Crippen LogP) is 4.52. The van der Waals surface area contributed by atoms with Crippen molar-refractivity contribution in [1.29, 1.82) is 0 Å². The highest BCUT2D eigenvalue weighted by molar-refractivity contribution is 5.91. The van der Waals surface area contributed by atoms with Crippen molar-refractivity contribution >= 4 is 22.9 Å². The van der Waals surface area contributed by atoms with E-state index in [4.69, 9.17) is 4.74 Å². The van der Waals surface area contributed by atoms with Crippen LogP contribution in [0, 0.1) is 5.82 Å². The second-order valence-electron chi connectivity index (χ2n) is 5.97. The molecule has 2 aromatic carbocycles. The Kier molecular flexibility index (Phi) is 4.81. The smallest absolute Gasteiger partial charge is 0.407 e. The summed E-state index contributed by atoms with van der Waals surface area (Å²) in [6.45, 7) is 5.79. The summed E-state index contributed by atoms with van der Waals surface area (Å²) in [4.78, 5) is 11.5. The number of halogens is 1. The molecule has 2 rings (SSSR count). The first-order chi connectivity index (χ1) is 10.4. The van der Waals surface area contributed by atoms with Crippen LogP contribution in [0.5, 0.6) is 0 Å². The van der Waals surface area contributed by atoms with Gasteiger partial charge >= 0.3 is 6.09 Å². The molecule has 0 spiro atoms. The molecule has 0 aliphatic heterocycles. The highest BCUT2D eigenvalue weighted by atomic mass is 19.1. The normalized spacial score (nSPS) is 11.8. The number of hydrogen-bond donors (Lipinski definition) is 1. The molecule has 1 amide bonds. The number of amides is 1. The molecule has 3 nitrogen and oxygen atoms in total. The highest BCUT2D eigenvalue weighted by Gasteiger charge is 2.14. The molecule has 4 heteroatoms. The molecular formula is C18H20FNO2. The van der Waals surface area contributed by atoms with E-state index >= 15 is 0 Å². The third-order valence-corrected chi connectivity index (χ3v) is 2.97. The van der Waals surface area contributed by atoms with E-state index in [0.29, 0.717) is 11.9 Å². The molecule has 0 fully saturated rings. The lowest BCUT2D eigenvalue weighted by Crippen LogP contribution is -2.32. The van der Waals surface area contributed by atoms with Crippen LogP contribution in [-0.4, -0.2) is 18.2 Å². The zero-order valence-electron chi connectivity index (χ0n) is 13.0. The van der Waals surface area contributed by atoms with Crippen molar-refractivity contribution < 1.29 is 13.9 Å². The van der Waals surface area contributed by atoms with Gasteiger partial charge in [-0.2, -0.15) is 0 Å². The average molecular weight is 301 g/mol. The van der Waals surface area contributed by atoms with E-state index in [9.17, 15) is 9.18 Å². The van der Waals surface area contributed by atoms with Gasteiger partial charge < -0.3 is 10.1 Å². The summed E-state index contributed by atoms with van der Waals surface area (Å²) in [6, 6.07) is 10.5. The van der Waals surface area contributed by atoms with Crippen molar-refractivity contribution in [3.63, 3.8) is 0 Å². The molecule has 0 bridgehead atoms. The Bertz CT molecular complexity index is 702. The van der Waals surface area contributed by atoms with Crippen LogP contribution in [-0.2, 0) is 4.74 Å². The van der Waals surface area contributed by atoms with Gasteiger partial charge in [0.1, 0.15) is 11.4 Å². The van der Waals surface area contributed by atoms with Crippen LogP contribution in [0.2, 0.25) is 0 Å². The van der Waals surface area contributed by atoms with E-state index in [2.05, 4.69) is 5.32 Å². The molecule has 0 saturated carbocycles. The van der Waals surface area contributed by atoms with E-state index < -0.39 is 11.7 Å². The quantitative estimate of drug-likeness (QED) is 0.905. The summed E-state index contributed by atoms with van der Waals surface area (Å²) in [5, 5.41) is 4.08. The lowest BCUT2D eigenvalue weighted by atomic mass is 10.0. The summed E-state index contributed by atoms with van der Waals surface area (Å²) >= 11 is 0. The number of fused-ring (bicyclic) bond motifs is 1. The van der Waals surface area contributed by atoms with Crippen LogP contribution >= 0.6 is 0 Å². The summed E-state index contributed by atoms with van der Waals surface area (Å²) in [5.41, 5.74) is 0.393. The maximum atomic E-state index is 13.7. The zero-order valence-corrected chi connectivity index (χ0v) is 13.0. The minimum absolute atomic E-state index is 0.236. The lowest BCUT2D eigenvalue weighted by Gasteiger charge is -2.19. The third-order valence-electron chi connectivity index (χ3n) is 2.97. The van der Waals surface area contributed by atoms with Crippen molar-refractivity contribution in [2.75, 3.05) is 6.54 Å². The van der Waals surface area contributed by atoms with Gasteiger partial charge in [0.25, 0.3) is 0 Å². The number of benzene rings is 2. The first kappa shape index (κ1) is 16.0. The fourth-order valence-electron chi connectivity index (χ4n) is 2.07. The van der Waals surface area contributed by atoms with Gasteiger partial charge in [0.15, 0.2) is 0 Å². The minimum atomic E-state index is -0.513. The number of nitrogens with one attached hydrogen (secondary N) is 1. The molecule has 0 radical (unpaired) electrons. The van der Waals surface area contributed by atoms with Gasteiger partial charge in [-0.15, -0.1) is 0 Å². The van der Waals surface area contributed by atoms with Gasteiger partial charge in [-0.25, -0.2) is 9.18 Å². The number of rotatable bonds is 3. The molecule has 22 heavy (non-hydrogen) atoms. The maximum Gasteiger partial charge on any atom is 0.407 e. The Morgan fingerprint density at radius 1 is 1.18 bits per heavy atom. The van der Waals surface area contributed by atoms with Crippen LogP contribution < -0.4 is 5.32 Å². The van der Waals surface area contributed by atoms with Crippen LogP contribution in [0.3, 0.4) is 0 Å². The fourth-order valence-corrected chi connectivity index (χ4v) is 2.07. The Morgan fingerprint density at radius 2 is 1.86 bits per heavy atom. The molecule has 0 aliphatic carbocycles. The zero-order chi connectivity index (χ0) is 16.2. The van der Waals surface area contributed by atoms with Crippen molar-refractivity contribution in [3.05, 3.63) is 53.9 Å². The van der Waals surface area contributed by atoms with E-state index in [0.717, 1.165) is 10.9 Å². The highest BCUT2D eigenvalue weighted by Crippen LogP contribution is 2.22. The monoisotopic (exact) mass is 301 g/mol. The first-order valence-corrected chi connectivity index (χ1v) is 7.17. The molecule has 0 aromatic heterocycles. The molecule has 2 aromatic rings. The summed E-state index contributed by atoms with van der Waals surface area (Å²) in [5.74, 6) is -0.236. The molecule has 0 aliphatic rings. The second-order valence-corrected chi connectivity index (χ2v) is 5.97. The standard InChI is InChI=1S/C18H20FNO2/c1-18(2,3)22-17(21)20-12-6-7-13-10-11-16(19)15-9-5-4-8-14(13)15/h4-11H,12H2,1-3H3,(H,20,21). The van der Waals surface area contributed by atoms with E-state index in [1.807, 2.05) is 51.1 Å². The number of hydrogen-bond acceptors (Lipinski definition) is 2. The molecule has 0 heterocycles. The largest absolute Gasteiger partial charge is 0.444 e. The number of carbonyl (C=O) groups excluding carboxylic acids is 1. The number of ether oxygens (including phenoxy) is 1. The predicted molar refractivity (Wildman–Crippen MR) is 87.2 cm³/mol. The van der Waals surface area contributed by atoms with Crippen LogP contribution in [0.15, 0.2) is 42.5 Å². The summed E-state index contributed by atoms with van der Waals surface area (Å²) in [7, 11) is 0. The average Bonchev–Trinajstić information content (AvgIpc) is 2.44. The summed E-state index contributed by atoms with van der Waals surface area (Å²) in [6.07, 6.45) is 3.21. The van der Waals surface area contributed by atoms with Gasteiger partial charge in [0.05, 0.1) is 0 Å². The minimum Gasteiger partial charge on any atom is -0.444 e. The maximum absolute atomic E-state index is 13.7. The molecule has 0 atom stereocenters. The molecule has 116 valence electrons. The molecular weight excluding hydrogens is 281 g/mol. The Balaban J connectivity index is 2.03. The van der Waals surface area contributed by atoms with E-state index in [-0.39, 0.29) is 5.82 Å². The van der Waals surface area contributed by atoms with Gasteiger partial charge in [-0.05, 0) is 37.8 Å². The van der Waals surface area contributed by atoms with Gasteiger partial charge in [-0.1, -0.05) is 42.5 Å². The molecule has 0 saturated heterocycles. The van der Waals surface area contributed by atoms with Crippen molar-refractivity contribution in [3.8, 4) is 0 Å². The molecule has 0 unspecified atom stereocenters. The van der Waals surface area contributed by atoms with Crippen molar-refractivity contribution in [2.45, 2.75) is 26.4 Å². The van der Waals surface area contributed by atoms with E-state index in [1.165, 1.54) is 6.07 Å². The topological polar surface area (TPSA) is 38.3 Å². The van der Waals surface area contributed by atoms with Gasteiger partial charge in [-0.3, -0.25) is 0 Å². The first-order valence-electron chi connectivity index (χ1n) is 7.17. The second kappa shape index (κ2) is 6.60. The third kappa shape index (κ3) is 4.32. The Labute approximate surface area is 129 Å². The Hall–Kier alpha value is -2.36. The van der Waals surface area contributed by atoms with Gasteiger partial charge in [0, 0.05) is 11.9 Å². The molecule has 1 N–H and O–H groups in total. The Morgan fingerprint density at radius 3 is 2.55 bits per heavy atom. The SMILES string of the molecule is CC(C)(C)OC(=O)NCC=Cc1ccc(F)c2ccccc12.